The molecule has 0 unspecified atom stereocenters. The minimum Gasteiger partial charge on any atom is -0.497 e. The van der Waals surface area contributed by atoms with Crippen molar-refractivity contribution in [2.75, 3.05) is 13.7 Å². The van der Waals surface area contributed by atoms with Gasteiger partial charge in [0.15, 0.2) is 6.29 Å². The molecule has 2 rings (SSSR count). The van der Waals surface area contributed by atoms with Crippen LogP contribution >= 0.6 is 0 Å². The van der Waals surface area contributed by atoms with E-state index in [0.29, 0.717) is 23.7 Å². The second-order valence-electron chi connectivity index (χ2n) is 4.81. The SMILES string of the molecule is COc1ccc(OCCCCc2ccccc2)c(C=O)c1. The van der Waals surface area contributed by atoms with Gasteiger partial charge in [0.2, 0.25) is 0 Å². The summed E-state index contributed by atoms with van der Waals surface area (Å²) in [4.78, 5) is 11.0. The van der Waals surface area contributed by atoms with Crippen LogP contribution in [0.4, 0.5) is 0 Å². The molecule has 0 radical (unpaired) electrons. The number of aryl methyl sites for hydroxylation is 1. The number of carbonyl (C=O) groups excluding carboxylic acids is 1. The van der Waals surface area contributed by atoms with Gasteiger partial charge in [-0.15, -0.1) is 0 Å². The van der Waals surface area contributed by atoms with Gasteiger partial charge in [0.1, 0.15) is 11.5 Å². The number of unbranched alkanes of at least 4 members (excludes halogenated alkanes) is 1. The van der Waals surface area contributed by atoms with E-state index in [2.05, 4.69) is 24.3 Å². The molecule has 21 heavy (non-hydrogen) atoms. The number of rotatable bonds is 8. The van der Waals surface area contributed by atoms with Crippen LogP contribution in [0.25, 0.3) is 0 Å². The summed E-state index contributed by atoms with van der Waals surface area (Å²) in [7, 11) is 1.58. The molecular weight excluding hydrogens is 264 g/mol. The normalized spacial score (nSPS) is 10.1. The van der Waals surface area contributed by atoms with Crippen molar-refractivity contribution in [1.82, 2.24) is 0 Å². The van der Waals surface area contributed by atoms with E-state index in [1.54, 1.807) is 25.3 Å². The highest BCUT2D eigenvalue weighted by molar-refractivity contribution is 5.80. The number of hydrogen-bond donors (Lipinski definition) is 0. The Morgan fingerprint density at radius 2 is 1.86 bits per heavy atom. The molecule has 0 fully saturated rings. The Balaban J connectivity index is 1.77. The zero-order valence-corrected chi connectivity index (χ0v) is 12.2. The van der Waals surface area contributed by atoms with E-state index in [1.165, 1.54) is 5.56 Å². The molecule has 110 valence electrons. The molecule has 0 aliphatic heterocycles. The number of benzene rings is 2. The first kappa shape index (κ1) is 15.1. The molecule has 0 aromatic heterocycles. The third kappa shape index (κ3) is 4.63. The minimum atomic E-state index is 0.525. The zero-order valence-electron chi connectivity index (χ0n) is 12.2. The highest BCUT2D eigenvalue weighted by Gasteiger charge is 2.04. The lowest BCUT2D eigenvalue weighted by molar-refractivity contribution is 0.111. The monoisotopic (exact) mass is 284 g/mol. The lowest BCUT2D eigenvalue weighted by Crippen LogP contribution is -2.01. The van der Waals surface area contributed by atoms with Crippen molar-refractivity contribution in [1.29, 1.82) is 0 Å². The lowest BCUT2D eigenvalue weighted by atomic mass is 10.1. The van der Waals surface area contributed by atoms with Crippen molar-refractivity contribution in [3.63, 3.8) is 0 Å². The Kier molecular flexibility index (Phi) is 5.83. The van der Waals surface area contributed by atoms with Gasteiger partial charge in [0, 0.05) is 0 Å². The second-order valence-corrected chi connectivity index (χ2v) is 4.81. The fourth-order valence-corrected chi connectivity index (χ4v) is 2.14. The summed E-state index contributed by atoms with van der Waals surface area (Å²) < 4.78 is 10.8. The van der Waals surface area contributed by atoms with E-state index in [4.69, 9.17) is 9.47 Å². The number of ether oxygens (including phenoxy) is 2. The number of carbonyl (C=O) groups is 1. The maximum Gasteiger partial charge on any atom is 0.153 e. The fraction of sp³-hybridized carbons (Fsp3) is 0.278. The topological polar surface area (TPSA) is 35.5 Å². The van der Waals surface area contributed by atoms with Crippen molar-refractivity contribution in [2.45, 2.75) is 19.3 Å². The third-order valence-corrected chi connectivity index (χ3v) is 3.30. The van der Waals surface area contributed by atoms with Crippen LogP contribution in [0.15, 0.2) is 48.5 Å². The smallest absolute Gasteiger partial charge is 0.153 e. The van der Waals surface area contributed by atoms with E-state index in [0.717, 1.165) is 25.5 Å². The van der Waals surface area contributed by atoms with Crippen LogP contribution in [-0.4, -0.2) is 20.0 Å². The van der Waals surface area contributed by atoms with Gasteiger partial charge < -0.3 is 9.47 Å². The van der Waals surface area contributed by atoms with Gasteiger partial charge in [0.25, 0.3) is 0 Å². The highest BCUT2D eigenvalue weighted by atomic mass is 16.5. The van der Waals surface area contributed by atoms with Gasteiger partial charge in [-0.25, -0.2) is 0 Å². The van der Waals surface area contributed by atoms with Crippen molar-refractivity contribution in [3.8, 4) is 11.5 Å². The van der Waals surface area contributed by atoms with E-state index < -0.39 is 0 Å². The molecule has 0 bridgehead atoms. The molecule has 3 heteroatoms. The molecule has 0 N–H and O–H groups in total. The Bertz CT molecular complexity index is 564. The van der Waals surface area contributed by atoms with Crippen LogP contribution in [0.1, 0.15) is 28.8 Å². The first-order chi connectivity index (χ1) is 10.3. The molecule has 0 atom stereocenters. The summed E-state index contributed by atoms with van der Waals surface area (Å²) in [5.74, 6) is 1.28. The van der Waals surface area contributed by atoms with E-state index in [1.807, 2.05) is 6.07 Å². The van der Waals surface area contributed by atoms with Crippen molar-refractivity contribution < 1.29 is 14.3 Å². The second kappa shape index (κ2) is 8.10. The first-order valence-corrected chi connectivity index (χ1v) is 7.13. The van der Waals surface area contributed by atoms with Crippen LogP contribution in [0.5, 0.6) is 11.5 Å². The summed E-state index contributed by atoms with van der Waals surface area (Å²) in [6.07, 6.45) is 3.87. The van der Waals surface area contributed by atoms with Gasteiger partial charge in [-0.05, 0) is 43.0 Å². The van der Waals surface area contributed by atoms with Gasteiger partial charge in [-0.3, -0.25) is 4.79 Å². The van der Waals surface area contributed by atoms with Gasteiger partial charge in [-0.1, -0.05) is 30.3 Å². The van der Waals surface area contributed by atoms with Crippen LogP contribution in [0, 0.1) is 0 Å². The highest BCUT2D eigenvalue weighted by Crippen LogP contribution is 2.22. The lowest BCUT2D eigenvalue weighted by Gasteiger charge is -2.09. The first-order valence-electron chi connectivity index (χ1n) is 7.13. The Morgan fingerprint density at radius 1 is 1.05 bits per heavy atom. The molecule has 0 saturated heterocycles. The predicted octanol–water partition coefficient (Wildman–Crippen LogP) is 3.91. The number of methoxy groups -OCH3 is 1. The van der Waals surface area contributed by atoms with Gasteiger partial charge >= 0.3 is 0 Å². The quantitative estimate of drug-likeness (QED) is 0.544. The molecule has 0 aliphatic rings. The third-order valence-electron chi connectivity index (χ3n) is 3.30. The van der Waals surface area contributed by atoms with Crippen LogP contribution < -0.4 is 9.47 Å². The molecular formula is C18H20O3. The maximum absolute atomic E-state index is 11.0. The molecule has 3 nitrogen and oxygen atoms in total. The minimum absolute atomic E-state index is 0.525. The van der Waals surface area contributed by atoms with Crippen LogP contribution in [0.2, 0.25) is 0 Å². The standard InChI is InChI=1S/C18H20O3/c1-20-17-10-11-18(16(13-17)14-19)21-12-6-5-9-15-7-3-2-4-8-15/h2-4,7-8,10-11,13-14H,5-6,9,12H2,1H3. The fourth-order valence-electron chi connectivity index (χ4n) is 2.14. The predicted molar refractivity (Wildman–Crippen MR) is 83.3 cm³/mol. The molecule has 0 aliphatic carbocycles. The van der Waals surface area contributed by atoms with Crippen LogP contribution in [0.3, 0.4) is 0 Å². The molecule has 0 saturated carbocycles. The summed E-state index contributed by atoms with van der Waals surface area (Å²) >= 11 is 0. The number of hydrogen-bond acceptors (Lipinski definition) is 3. The molecule has 0 spiro atoms. The maximum atomic E-state index is 11.0. The average molecular weight is 284 g/mol. The molecule has 2 aromatic carbocycles. The molecule has 0 amide bonds. The zero-order chi connectivity index (χ0) is 14.9. The Hall–Kier alpha value is -2.29. The summed E-state index contributed by atoms with van der Waals surface area (Å²) in [6, 6.07) is 15.7. The van der Waals surface area contributed by atoms with Crippen LogP contribution in [-0.2, 0) is 6.42 Å². The summed E-state index contributed by atoms with van der Waals surface area (Å²) in [5.41, 5.74) is 1.87. The van der Waals surface area contributed by atoms with E-state index >= 15 is 0 Å². The van der Waals surface area contributed by atoms with Crippen molar-refractivity contribution >= 4 is 6.29 Å². The van der Waals surface area contributed by atoms with Crippen molar-refractivity contribution in [2.24, 2.45) is 0 Å². The molecule has 0 heterocycles. The largest absolute Gasteiger partial charge is 0.497 e. The summed E-state index contributed by atoms with van der Waals surface area (Å²) in [5, 5.41) is 0. The van der Waals surface area contributed by atoms with E-state index in [-0.39, 0.29) is 0 Å². The average Bonchev–Trinajstić information content (AvgIpc) is 2.55. The van der Waals surface area contributed by atoms with Crippen molar-refractivity contribution in [3.05, 3.63) is 59.7 Å². The van der Waals surface area contributed by atoms with Gasteiger partial charge in [0.05, 0.1) is 19.3 Å². The number of aldehydes is 1. The van der Waals surface area contributed by atoms with Gasteiger partial charge in [-0.2, -0.15) is 0 Å². The summed E-state index contributed by atoms with van der Waals surface area (Å²) in [6.45, 7) is 0.611. The molecule has 2 aromatic rings. The Labute approximate surface area is 125 Å². The van der Waals surface area contributed by atoms with E-state index in [9.17, 15) is 4.79 Å². The Morgan fingerprint density at radius 3 is 2.57 bits per heavy atom.